The molecule has 4 heteroatoms. The van der Waals surface area contributed by atoms with E-state index >= 15 is 0 Å². The van der Waals surface area contributed by atoms with E-state index in [1.54, 1.807) is 24.3 Å². The van der Waals surface area contributed by atoms with Crippen LogP contribution in [0.5, 0.6) is 5.75 Å². The van der Waals surface area contributed by atoms with Crippen LogP contribution in [0.1, 0.15) is 22.8 Å². The predicted molar refractivity (Wildman–Crippen MR) is 85.2 cm³/mol. The highest BCUT2D eigenvalue weighted by atomic mass is 127. The fourth-order valence-corrected chi connectivity index (χ4v) is 2.47. The Balaban J connectivity index is 2.38. The lowest BCUT2D eigenvalue weighted by Crippen LogP contribution is -2.04. The van der Waals surface area contributed by atoms with Crippen molar-refractivity contribution in [2.24, 2.45) is 0 Å². The van der Waals surface area contributed by atoms with Gasteiger partial charge in [-0.15, -0.1) is 0 Å². The number of hydrogen-bond acceptors (Lipinski definition) is 2. The van der Waals surface area contributed by atoms with Crippen molar-refractivity contribution in [3.8, 4) is 5.75 Å². The van der Waals surface area contributed by atoms with Gasteiger partial charge >= 0.3 is 0 Å². The van der Waals surface area contributed by atoms with Crippen LogP contribution in [0.25, 0.3) is 0 Å². The summed E-state index contributed by atoms with van der Waals surface area (Å²) in [6.45, 7) is 2.49. The number of ether oxygens (including phenoxy) is 1. The molecule has 98 valence electrons. The predicted octanol–water partition coefficient (Wildman–Crippen LogP) is 4.57. The molecule has 2 aromatic carbocycles. The SMILES string of the molecule is CCOc1cccc(C(=O)c2cc(Cl)ccc2I)c1. The Hall–Kier alpha value is -1.07. The molecule has 0 aliphatic heterocycles. The number of hydrogen-bond donors (Lipinski definition) is 0. The lowest BCUT2D eigenvalue weighted by Gasteiger charge is -2.07. The smallest absolute Gasteiger partial charge is 0.194 e. The van der Waals surface area contributed by atoms with E-state index in [9.17, 15) is 4.79 Å². The van der Waals surface area contributed by atoms with E-state index in [0.29, 0.717) is 28.5 Å². The summed E-state index contributed by atoms with van der Waals surface area (Å²) in [5.41, 5.74) is 1.22. The van der Waals surface area contributed by atoms with E-state index < -0.39 is 0 Å². The summed E-state index contributed by atoms with van der Waals surface area (Å²) in [4.78, 5) is 12.5. The van der Waals surface area contributed by atoms with Gasteiger partial charge in [0, 0.05) is 19.7 Å². The molecule has 0 radical (unpaired) electrons. The number of carbonyl (C=O) groups excluding carboxylic acids is 1. The third-order valence-corrected chi connectivity index (χ3v) is 3.76. The van der Waals surface area contributed by atoms with Crippen molar-refractivity contribution < 1.29 is 9.53 Å². The highest BCUT2D eigenvalue weighted by molar-refractivity contribution is 14.1. The van der Waals surface area contributed by atoms with Crippen LogP contribution in [-0.4, -0.2) is 12.4 Å². The first-order chi connectivity index (χ1) is 9.11. The van der Waals surface area contributed by atoms with Crippen molar-refractivity contribution in [2.75, 3.05) is 6.61 Å². The van der Waals surface area contributed by atoms with Gasteiger partial charge in [-0.25, -0.2) is 0 Å². The van der Waals surface area contributed by atoms with Crippen molar-refractivity contribution in [3.63, 3.8) is 0 Å². The molecule has 2 aromatic rings. The van der Waals surface area contributed by atoms with Gasteiger partial charge in [-0.05, 0) is 59.8 Å². The highest BCUT2D eigenvalue weighted by Crippen LogP contribution is 2.22. The second-order valence-corrected chi connectivity index (χ2v) is 5.51. The van der Waals surface area contributed by atoms with E-state index in [1.807, 2.05) is 25.1 Å². The second-order valence-electron chi connectivity index (χ2n) is 3.91. The molecule has 0 amide bonds. The van der Waals surface area contributed by atoms with Gasteiger partial charge < -0.3 is 4.74 Å². The van der Waals surface area contributed by atoms with Crippen LogP contribution in [0, 0.1) is 3.57 Å². The van der Waals surface area contributed by atoms with Gasteiger partial charge in [-0.1, -0.05) is 23.7 Å². The molecule has 2 nitrogen and oxygen atoms in total. The van der Waals surface area contributed by atoms with Crippen molar-refractivity contribution in [2.45, 2.75) is 6.92 Å². The average molecular weight is 387 g/mol. The van der Waals surface area contributed by atoms with Crippen molar-refractivity contribution >= 4 is 40.0 Å². The fourth-order valence-electron chi connectivity index (χ4n) is 1.72. The summed E-state index contributed by atoms with van der Waals surface area (Å²) < 4.78 is 6.29. The molecule has 0 bridgehead atoms. The zero-order chi connectivity index (χ0) is 13.8. The van der Waals surface area contributed by atoms with Gasteiger partial charge in [0.2, 0.25) is 0 Å². The molecule has 0 saturated carbocycles. The molecule has 0 aromatic heterocycles. The molecule has 0 saturated heterocycles. The third kappa shape index (κ3) is 3.48. The van der Waals surface area contributed by atoms with E-state index in [2.05, 4.69) is 22.6 Å². The van der Waals surface area contributed by atoms with Crippen LogP contribution in [-0.2, 0) is 0 Å². The molecular formula is C15H12ClIO2. The van der Waals surface area contributed by atoms with Crippen LogP contribution in [0.4, 0.5) is 0 Å². The molecule has 0 heterocycles. The zero-order valence-corrected chi connectivity index (χ0v) is 13.2. The van der Waals surface area contributed by atoms with Gasteiger partial charge in [0.25, 0.3) is 0 Å². The van der Waals surface area contributed by atoms with Crippen LogP contribution in [0.2, 0.25) is 5.02 Å². The minimum atomic E-state index is -0.0477. The topological polar surface area (TPSA) is 26.3 Å². The fraction of sp³-hybridized carbons (Fsp3) is 0.133. The first-order valence-corrected chi connectivity index (χ1v) is 7.30. The van der Waals surface area contributed by atoms with E-state index in [0.717, 1.165) is 3.57 Å². The van der Waals surface area contributed by atoms with Crippen LogP contribution < -0.4 is 4.74 Å². The lowest BCUT2D eigenvalue weighted by molar-refractivity contribution is 0.103. The molecule has 0 atom stereocenters. The average Bonchev–Trinajstić information content (AvgIpc) is 2.41. The summed E-state index contributed by atoms with van der Waals surface area (Å²) in [7, 11) is 0. The molecule has 19 heavy (non-hydrogen) atoms. The number of rotatable bonds is 4. The first-order valence-electron chi connectivity index (χ1n) is 5.84. The Kier molecular flexibility index (Phi) is 4.82. The van der Waals surface area contributed by atoms with Crippen molar-refractivity contribution in [1.82, 2.24) is 0 Å². The van der Waals surface area contributed by atoms with Crippen LogP contribution >= 0.6 is 34.2 Å². The minimum Gasteiger partial charge on any atom is -0.494 e. The molecule has 0 unspecified atom stereocenters. The Morgan fingerprint density at radius 1 is 1.26 bits per heavy atom. The summed E-state index contributed by atoms with van der Waals surface area (Å²) in [6, 6.07) is 12.5. The summed E-state index contributed by atoms with van der Waals surface area (Å²) in [5.74, 6) is 0.652. The quantitative estimate of drug-likeness (QED) is 0.568. The monoisotopic (exact) mass is 386 g/mol. The Morgan fingerprint density at radius 2 is 2.05 bits per heavy atom. The number of benzene rings is 2. The number of ketones is 1. The van der Waals surface area contributed by atoms with Crippen LogP contribution in [0.3, 0.4) is 0 Å². The molecule has 0 N–H and O–H groups in total. The maximum absolute atomic E-state index is 12.5. The molecule has 0 aliphatic carbocycles. The highest BCUT2D eigenvalue weighted by Gasteiger charge is 2.13. The largest absolute Gasteiger partial charge is 0.494 e. The molecule has 2 rings (SSSR count). The number of carbonyl (C=O) groups is 1. The third-order valence-electron chi connectivity index (χ3n) is 2.58. The van der Waals surface area contributed by atoms with E-state index in [-0.39, 0.29) is 5.78 Å². The van der Waals surface area contributed by atoms with Gasteiger partial charge in [-0.2, -0.15) is 0 Å². The van der Waals surface area contributed by atoms with Gasteiger partial charge in [0.15, 0.2) is 5.78 Å². The number of halogens is 2. The van der Waals surface area contributed by atoms with Gasteiger partial charge in [0.05, 0.1) is 6.61 Å². The van der Waals surface area contributed by atoms with Crippen LogP contribution in [0.15, 0.2) is 42.5 Å². The maximum Gasteiger partial charge on any atom is 0.194 e. The molecule has 0 fully saturated rings. The van der Waals surface area contributed by atoms with E-state index in [1.165, 1.54) is 0 Å². The second kappa shape index (κ2) is 6.39. The maximum atomic E-state index is 12.5. The Morgan fingerprint density at radius 3 is 2.79 bits per heavy atom. The summed E-state index contributed by atoms with van der Waals surface area (Å²) in [6.07, 6.45) is 0. The summed E-state index contributed by atoms with van der Waals surface area (Å²) >= 11 is 8.08. The Bertz CT molecular complexity index is 611. The van der Waals surface area contributed by atoms with Gasteiger partial charge in [0.1, 0.15) is 5.75 Å². The summed E-state index contributed by atoms with van der Waals surface area (Å²) in [5, 5.41) is 0.560. The standard InChI is InChI=1S/C15H12ClIO2/c1-2-19-12-5-3-4-10(8-12)15(18)13-9-11(16)6-7-14(13)17/h3-9H,2H2,1H3. The molecule has 0 spiro atoms. The molecular weight excluding hydrogens is 375 g/mol. The Labute approximate surface area is 130 Å². The molecule has 0 aliphatic rings. The van der Waals surface area contributed by atoms with Crippen molar-refractivity contribution in [3.05, 3.63) is 62.2 Å². The van der Waals surface area contributed by atoms with Gasteiger partial charge in [-0.3, -0.25) is 4.79 Å². The van der Waals surface area contributed by atoms with E-state index in [4.69, 9.17) is 16.3 Å². The van der Waals surface area contributed by atoms with Crippen molar-refractivity contribution in [1.29, 1.82) is 0 Å². The lowest BCUT2D eigenvalue weighted by atomic mass is 10.0. The minimum absolute atomic E-state index is 0.0477. The first kappa shape index (κ1) is 14.3. The zero-order valence-electron chi connectivity index (χ0n) is 10.3. The normalized spacial score (nSPS) is 10.3.